The first kappa shape index (κ1) is 34.9. The number of aliphatic hydroxyl groups is 1. The fraction of sp³-hybridized carbons (Fsp3) is 0.484. The van der Waals surface area contributed by atoms with E-state index in [1.165, 1.54) is 25.0 Å². The Morgan fingerprint density at radius 1 is 1.00 bits per heavy atom. The van der Waals surface area contributed by atoms with Gasteiger partial charge in [0.1, 0.15) is 23.2 Å². The Balaban J connectivity index is 1.16. The van der Waals surface area contributed by atoms with E-state index in [0.717, 1.165) is 23.1 Å². The number of β-amino-alcohol motifs (C(OH)–C–C–N with tert-alkyl or cyclic N) is 1. The van der Waals surface area contributed by atoms with Crippen molar-refractivity contribution in [1.82, 2.24) is 19.7 Å². The number of nitrogens with one attached hydrogen (secondary N) is 1. The number of aliphatic hydroxyl groups excluding tert-OH is 1. The summed E-state index contributed by atoms with van der Waals surface area (Å²) >= 11 is 0. The number of piperidine rings is 1. The molecule has 0 saturated carbocycles. The molecule has 2 N–H and O–H groups in total. The molecule has 2 fully saturated rings. The fourth-order valence-corrected chi connectivity index (χ4v) is 5.85. The molecule has 4 heterocycles. The van der Waals surface area contributed by atoms with Crippen LogP contribution in [0, 0.1) is 0 Å². The van der Waals surface area contributed by atoms with Gasteiger partial charge in [-0.05, 0) is 43.2 Å². The summed E-state index contributed by atoms with van der Waals surface area (Å²) in [5, 5.41) is 17.4. The van der Waals surface area contributed by atoms with Gasteiger partial charge in [0.15, 0.2) is 0 Å². The molecule has 0 bridgehead atoms. The first-order valence-corrected chi connectivity index (χ1v) is 15.1. The van der Waals surface area contributed by atoms with E-state index in [-0.39, 0.29) is 44.4 Å². The number of halogens is 6. The van der Waals surface area contributed by atoms with Crippen LogP contribution in [0.4, 0.5) is 37.8 Å². The maximum absolute atomic E-state index is 14.0. The van der Waals surface area contributed by atoms with Crippen molar-refractivity contribution in [3.8, 4) is 5.75 Å². The lowest BCUT2D eigenvalue weighted by atomic mass is 10.00. The van der Waals surface area contributed by atoms with Gasteiger partial charge in [0.2, 0.25) is 0 Å². The molecule has 17 heteroatoms. The summed E-state index contributed by atoms with van der Waals surface area (Å²) in [6.45, 7) is 1.84. The average Bonchev–Trinajstić information content (AvgIpc) is 3.40. The van der Waals surface area contributed by atoms with Crippen LogP contribution in [-0.4, -0.2) is 88.3 Å². The Kier molecular flexibility index (Phi) is 10.2. The predicted octanol–water partition coefficient (Wildman–Crippen LogP) is 3.79. The molecule has 2 aromatic heterocycles. The number of ether oxygens (including phenoxy) is 2. The molecular formula is C31H34F6N6O5. The van der Waals surface area contributed by atoms with Crippen LogP contribution in [0.3, 0.4) is 0 Å². The molecule has 2 aliphatic rings. The van der Waals surface area contributed by atoms with E-state index in [0.29, 0.717) is 24.3 Å². The van der Waals surface area contributed by atoms with Crippen molar-refractivity contribution in [2.24, 2.45) is 0 Å². The Hall–Kier alpha value is -4.38. The number of hydrogen-bond donors (Lipinski definition) is 2. The van der Waals surface area contributed by atoms with E-state index in [9.17, 15) is 41.0 Å². The smallest absolute Gasteiger partial charge is 0.423 e. The second-order valence-corrected chi connectivity index (χ2v) is 11.7. The monoisotopic (exact) mass is 684 g/mol. The Labute approximate surface area is 271 Å². The minimum atomic E-state index is -4.98. The summed E-state index contributed by atoms with van der Waals surface area (Å²) in [5.41, 5.74) is -3.59. The summed E-state index contributed by atoms with van der Waals surface area (Å²) in [5.74, 6) is 0.439. The summed E-state index contributed by atoms with van der Waals surface area (Å²) in [4.78, 5) is 33.1. The standard InChI is InChI=1S/C31H34F6N6O5/c1-18(40-22-14-39-43(29(46)27(22)31(35,36)37)15-19-3-6-21(47-2)7-4-19)17-48-25-10-12-42(28(25)45)23-9-11-41(16-24(23)44)26-8-5-20(13-38-26)30(32,33)34/h3-8,13-14,18,23-25,40,44H,9-12,15-17H2,1-2H3/t18?,23-,24+,25?/m1/s1. The van der Waals surface area contributed by atoms with Crippen LogP contribution in [0.15, 0.2) is 53.6 Å². The molecule has 0 spiro atoms. The number of nitrogens with zero attached hydrogens (tertiary/aromatic N) is 5. The Morgan fingerprint density at radius 2 is 1.73 bits per heavy atom. The van der Waals surface area contributed by atoms with Gasteiger partial charge in [-0.2, -0.15) is 31.4 Å². The van der Waals surface area contributed by atoms with Crippen molar-refractivity contribution in [3.05, 3.63) is 75.8 Å². The van der Waals surface area contributed by atoms with Crippen molar-refractivity contribution in [2.75, 3.05) is 43.6 Å². The van der Waals surface area contributed by atoms with Gasteiger partial charge in [-0.3, -0.25) is 9.59 Å². The van der Waals surface area contributed by atoms with E-state index >= 15 is 0 Å². The predicted molar refractivity (Wildman–Crippen MR) is 161 cm³/mol. The maximum Gasteiger partial charge on any atom is 0.423 e. The van der Waals surface area contributed by atoms with Crippen LogP contribution in [0.5, 0.6) is 5.75 Å². The van der Waals surface area contributed by atoms with Crippen molar-refractivity contribution in [1.29, 1.82) is 0 Å². The second-order valence-electron chi connectivity index (χ2n) is 11.7. The van der Waals surface area contributed by atoms with E-state index in [4.69, 9.17) is 9.47 Å². The zero-order valence-corrected chi connectivity index (χ0v) is 26.0. The van der Waals surface area contributed by atoms with Crippen LogP contribution in [-0.2, 0) is 28.4 Å². The third kappa shape index (κ3) is 7.84. The number of likely N-dealkylation sites (tertiary alicyclic amines) is 1. The van der Waals surface area contributed by atoms with Gasteiger partial charge >= 0.3 is 12.4 Å². The third-order valence-corrected chi connectivity index (χ3v) is 8.30. The normalized spacial score (nSPS) is 21.0. The van der Waals surface area contributed by atoms with E-state index in [2.05, 4.69) is 15.4 Å². The molecule has 2 unspecified atom stereocenters. The van der Waals surface area contributed by atoms with Crippen LogP contribution < -0.4 is 20.5 Å². The average molecular weight is 685 g/mol. The number of methoxy groups -OCH3 is 1. The third-order valence-electron chi connectivity index (χ3n) is 8.30. The topological polar surface area (TPSA) is 122 Å². The number of rotatable bonds is 10. The number of carbonyl (C=O) groups excluding carboxylic acids is 1. The van der Waals surface area contributed by atoms with Gasteiger partial charge in [-0.15, -0.1) is 0 Å². The van der Waals surface area contributed by atoms with Crippen LogP contribution in [0.25, 0.3) is 0 Å². The van der Waals surface area contributed by atoms with Crippen molar-refractivity contribution in [3.63, 3.8) is 0 Å². The Morgan fingerprint density at radius 3 is 2.33 bits per heavy atom. The van der Waals surface area contributed by atoms with Gasteiger partial charge in [0, 0.05) is 38.3 Å². The lowest BCUT2D eigenvalue weighted by Crippen LogP contribution is -2.55. The SMILES string of the molecule is COc1ccc(Cn2ncc(NC(C)COC3CCN([C@@H]4CCN(c5ccc(C(F)(F)F)cn5)C[C@@H]4O)C3=O)c(C(F)(F)F)c2=O)cc1. The number of alkyl halides is 6. The molecule has 4 atom stereocenters. The summed E-state index contributed by atoms with van der Waals surface area (Å²) in [7, 11) is 1.47. The first-order chi connectivity index (χ1) is 22.7. The van der Waals surface area contributed by atoms with Gasteiger partial charge in [-0.25, -0.2) is 9.67 Å². The molecule has 48 heavy (non-hydrogen) atoms. The Bertz CT molecular complexity index is 1630. The van der Waals surface area contributed by atoms with Crippen LogP contribution in [0.1, 0.15) is 36.5 Å². The fourth-order valence-electron chi connectivity index (χ4n) is 5.85. The number of benzene rings is 1. The molecule has 3 aromatic rings. The highest BCUT2D eigenvalue weighted by Crippen LogP contribution is 2.33. The number of anilines is 2. The number of hydrogen-bond acceptors (Lipinski definition) is 9. The molecule has 1 amide bonds. The van der Waals surface area contributed by atoms with Crippen LogP contribution >= 0.6 is 0 Å². The maximum atomic E-state index is 14.0. The zero-order chi connectivity index (χ0) is 34.8. The molecule has 1 aromatic carbocycles. The lowest BCUT2D eigenvalue weighted by Gasteiger charge is -2.40. The molecule has 260 valence electrons. The molecule has 0 radical (unpaired) electrons. The number of carbonyl (C=O) groups is 1. The van der Waals surface area contributed by atoms with Gasteiger partial charge < -0.3 is 29.7 Å². The van der Waals surface area contributed by atoms with Crippen LogP contribution in [0.2, 0.25) is 0 Å². The zero-order valence-electron chi connectivity index (χ0n) is 26.0. The second kappa shape index (κ2) is 14.0. The molecule has 0 aliphatic carbocycles. The lowest BCUT2D eigenvalue weighted by molar-refractivity contribution is -0.141. The van der Waals surface area contributed by atoms with E-state index in [1.54, 1.807) is 29.2 Å². The number of pyridine rings is 1. The molecule has 5 rings (SSSR count). The van der Waals surface area contributed by atoms with E-state index < -0.39 is 59.0 Å². The number of aromatic nitrogens is 3. The van der Waals surface area contributed by atoms with Gasteiger partial charge in [-0.1, -0.05) is 12.1 Å². The number of amides is 1. The van der Waals surface area contributed by atoms with Crippen molar-refractivity contribution in [2.45, 2.75) is 63.0 Å². The minimum absolute atomic E-state index is 0.0493. The molecular weight excluding hydrogens is 650 g/mol. The van der Waals surface area contributed by atoms with Gasteiger partial charge in [0.05, 0.1) is 49.9 Å². The highest BCUT2D eigenvalue weighted by Gasteiger charge is 2.42. The van der Waals surface area contributed by atoms with Crippen molar-refractivity contribution < 1.29 is 45.7 Å². The highest BCUT2D eigenvalue weighted by atomic mass is 19.4. The quantitative estimate of drug-likeness (QED) is 0.308. The van der Waals surface area contributed by atoms with E-state index in [1.807, 2.05) is 0 Å². The van der Waals surface area contributed by atoms with Gasteiger partial charge in [0.25, 0.3) is 11.5 Å². The van der Waals surface area contributed by atoms with Crippen molar-refractivity contribution >= 4 is 17.4 Å². The first-order valence-electron chi connectivity index (χ1n) is 15.1. The molecule has 11 nitrogen and oxygen atoms in total. The summed E-state index contributed by atoms with van der Waals surface area (Å²) in [6.07, 6.45) is -9.12. The summed E-state index contributed by atoms with van der Waals surface area (Å²) < 4.78 is 92.3. The molecule has 2 aliphatic heterocycles. The minimum Gasteiger partial charge on any atom is -0.497 e. The highest BCUT2D eigenvalue weighted by molar-refractivity contribution is 5.83. The summed E-state index contributed by atoms with van der Waals surface area (Å²) in [6, 6.07) is 7.30. The molecule has 2 saturated heterocycles. The largest absolute Gasteiger partial charge is 0.497 e.